The maximum Gasteiger partial charge on any atom is 0.415 e. The summed E-state index contributed by atoms with van der Waals surface area (Å²) >= 11 is 0. The first-order valence-corrected chi connectivity index (χ1v) is 11.6. The minimum absolute atomic E-state index is 0.136. The van der Waals surface area contributed by atoms with Crippen LogP contribution in [0.4, 0.5) is 14.9 Å². The van der Waals surface area contributed by atoms with Crippen LogP contribution in [-0.4, -0.2) is 61.2 Å². The summed E-state index contributed by atoms with van der Waals surface area (Å²) in [5.41, 5.74) is 1.60. The van der Waals surface area contributed by atoms with Crippen molar-refractivity contribution < 1.29 is 28.2 Å². The lowest BCUT2D eigenvalue weighted by Gasteiger charge is -2.32. The third-order valence-electron chi connectivity index (χ3n) is 7.05. The second kappa shape index (κ2) is 8.68. The molecule has 4 aliphatic rings. The summed E-state index contributed by atoms with van der Waals surface area (Å²) in [5.74, 6) is 0.102. The number of carbonyl (C=O) groups excluding carboxylic acids is 3. The Hall–Kier alpha value is -3.10. The van der Waals surface area contributed by atoms with Crippen LogP contribution >= 0.6 is 0 Å². The summed E-state index contributed by atoms with van der Waals surface area (Å²) < 4.78 is 26.5. The predicted octanol–water partition coefficient (Wildman–Crippen LogP) is 2.85. The molecular formula is C24H28FN3O5. The number of nitrogens with zero attached hydrogens (tertiary/aromatic N) is 2. The maximum atomic E-state index is 15.2. The van der Waals surface area contributed by atoms with Crippen molar-refractivity contribution in [3.8, 4) is 5.75 Å². The number of carbonyl (C=O) groups is 3. The molecule has 1 saturated heterocycles. The van der Waals surface area contributed by atoms with E-state index < -0.39 is 24.1 Å². The van der Waals surface area contributed by atoms with Crippen LogP contribution in [0.5, 0.6) is 5.75 Å². The summed E-state index contributed by atoms with van der Waals surface area (Å²) in [5, 5.41) is 2.65. The highest BCUT2D eigenvalue weighted by molar-refractivity contribution is 5.94. The van der Waals surface area contributed by atoms with Gasteiger partial charge in [-0.05, 0) is 30.9 Å². The minimum Gasteiger partial charge on any atom is -0.489 e. The molecule has 2 fully saturated rings. The lowest BCUT2D eigenvalue weighted by Crippen LogP contribution is -2.47. The third kappa shape index (κ3) is 4.05. The fourth-order valence-corrected chi connectivity index (χ4v) is 5.26. The quantitative estimate of drug-likeness (QED) is 0.751. The monoisotopic (exact) mass is 457 g/mol. The van der Waals surface area contributed by atoms with Gasteiger partial charge in [-0.3, -0.25) is 14.5 Å². The van der Waals surface area contributed by atoms with E-state index in [1.807, 2.05) is 11.0 Å². The molecule has 1 saturated carbocycles. The van der Waals surface area contributed by atoms with Crippen molar-refractivity contribution in [2.24, 2.45) is 5.92 Å². The number of rotatable bonds is 4. The summed E-state index contributed by atoms with van der Waals surface area (Å²) in [6.45, 7) is 2.81. The number of fused-ring (bicyclic) bond motifs is 3. The van der Waals surface area contributed by atoms with E-state index in [0.29, 0.717) is 36.5 Å². The molecule has 1 aromatic rings. The van der Waals surface area contributed by atoms with Crippen LogP contribution < -0.4 is 15.0 Å². The van der Waals surface area contributed by atoms with Crippen molar-refractivity contribution >= 4 is 29.2 Å². The van der Waals surface area contributed by atoms with E-state index in [9.17, 15) is 14.4 Å². The van der Waals surface area contributed by atoms with Crippen molar-refractivity contribution in [3.05, 3.63) is 29.6 Å². The van der Waals surface area contributed by atoms with Crippen LogP contribution in [0.1, 0.15) is 44.6 Å². The third-order valence-corrected chi connectivity index (χ3v) is 7.05. The lowest BCUT2D eigenvalue weighted by atomic mass is 9.96. The van der Waals surface area contributed by atoms with Crippen LogP contribution in [-0.2, 0) is 14.3 Å². The smallest absolute Gasteiger partial charge is 0.415 e. The van der Waals surface area contributed by atoms with Gasteiger partial charge in [0.2, 0.25) is 11.8 Å². The van der Waals surface area contributed by atoms with Crippen molar-refractivity contribution in [2.45, 2.75) is 51.2 Å². The number of ether oxygens (including phenoxy) is 2. The first-order valence-electron chi connectivity index (χ1n) is 11.6. The van der Waals surface area contributed by atoms with Crippen molar-refractivity contribution in [1.29, 1.82) is 0 Å². The Bertz CT molecular complexity index is 1020. The Labute approximate surface area is 191 Å². The predicted molar refractivity (Wildman–Crippen MR) is 118 cm³/mol. The Kier molecular flexibility index (Phi) is 5.72. The molecule has 0 spiro atoms. The molecule has 9 heteroatoms. The molecule has 176 valence electrons. The number of halogens is 1. The second-order valence-electron chi connectivity index (χ2n) is 9.15. The average Bonchev–Trinajstić information content (AvgIpc) is 3.45. The second-order valence-corrected chi connectivity index (χ2v) is 9.15. The van der Waals surface area contributed by atoms with E-state index in [4.69, 9.17) is 9.47 Å². The highest BCUT2D eigenvalue weighted by Crippen LogP contribution is 2.42. The van der Waals surface area contributed by atoms with Crippen LogP contribution in [0.3, 0.4) is 0 Å². The van der Waals surface area contributed by atoms with Gasteiger partial charge in [-0.25, -0.2) is 9.18 Å². The largest absolute Gasteiger partial charge is 0.489 e. The van der Waals surface area contributed by atoms with Crippen molar-refractivity contribution in [2.75, 3.05) is 31.1 Å². The summed E-state index contributed by atoms with van der Waals surface area (Å²) in [7, 11) is 0. The molecule has 0 bridgehead atoms. The number of hydrogen-bond donors (Lipinski definition) is 1. The average molecular weight is 458 g/mol. The summed E-state index contributed by atoms with van der Waals surface area (Å²) in [6, 6.07) is 2.51. The summed E-state index contributed by atoms with van der Waals surface area (Å²) in [4.78, 5) is 39.7. The molecule has 0 unspecified atom stereocenters. The van der Waals surface area contributed by atoms with E-state index in [1.54, 1.807) is 6.07 Å². The molecule has 0 radical (unpaired) electrons. The molecule has 2 atom stereocenters. The zero-order chi connectivity index (χ0) is 23.1. The first kappa shape index (κ1) is 21.7. The molecule has 33 heavy (non-hydrogen) atoms. The number of hydrogen-bond acceptors (Lipinski definition) is 5. The number of anilines is 1. The molecule has 1 aromatic carbocycles. The molecule has 3 amide bonds. The van der Waals surface area contributed by atoms with E-state index in [-0.39, 0.29) is 30.9 Å². The standard InChI is InChI=1S/C24H28FN3O5/c1-14(29)26-12-22-20-13-32-21-10-17(18(25)11-19(21)28(20)24(31)33-22)15-6-8-27(9-7-15)23(30)16-4-2-3-5-16/h6,10-11,16,20,22H,2-5,7-9,12-13H2,1H3,(H,26,29)/t20-,22-/m0/s1. The molecule has 3 aliphatic heterocycles. The van der Waals surface area contributed by atoms with Gasteiger partial charge in [0.1, 0.15) is 30.3 Å². The lowest BCUT2D eigenvalue weighted by molar-refractivity contribution is -0.134. The van der Waals surface area contributed by atoms with Gasteiger partial charge in [-0.15, -0.1) is 0 Å². The van der Waals surface area contributed by atoms with Crippen LogP contribution in [0.15, 0.2) is 18.2 Å². The van der Waals surface area contributed by atoms with Gasteiger partial charge in [0, 0.05) is 37.6 Å². The SMILES string of the molecule is CC(=O)NC[C@@H]1OC(=O)N2c3cc(F)c(C4=CCN(C(=O)C5CCCC5)CC4)cc3OC[C@@H]12. The molecule has 3 heterocycles. The molecule has 8 nitrogen and oxygen atoms in total. The van der Waals surface area contributed by atoms with E-state index in [0.717, 1.165) is 31.3 Å². The Morgan fingerprint density at radius 1 is 1.24 bits per heavy atom. The van der Waals surface area contributed by atoms with E-state index in [1.165, 1.54) is 17.9 Å². The molecule has 0 aromatic heterocycles. The highest BCUT2D eigenvalue weighted by Gasteiger charge is 2.47. The van der Waals surface area contributed by atoms with Crippen molar-refractivity contribution in [1.82, 2.24) is 10.2 Å². The van der Waals surface area contributed by atoms with E-state index >= 15 is 4.39 Å². The Morgan fingerprint density at radius 2 is 2.03 bits per heavy atom. The van der Waals surface area contributed by atoms with Gasteiger partial charge in [0.05, 0.1) is 12.2 Å². The maximum absolute atomic E-state index is 15.2. The van der Waals surface area contributed by atoms with Gasteiger partial charge in [0.15, 0.2) is 0 Å². The molecular weight excluding hydrogens is 429 g/mol. The van der Waals surface area contributed by atoms with Crippen LogP contribution in [0.2, 0.25) is 0 Å². The zero-order valence-electron chi connectivity index (χ0n) is 18.6. The number of amides is 3. The molecule has 1 aliphatic carbocycles. The van der Waals surface area contributed by atoms with Gasteiger partial charge < -0.3 is 19.7 Å². The van der Waals surface area contributed by atoms with Gasteiger partial charge in [-0.2, -0.15) is 0 Å². The number of benzene rings is 1. The number of cyclic esters (lactones) is 1. The minimum atomic E-state index is -0.579. The van der Waals surface area contributed by atoms with Crippen molar-refractivity contribution in [3.63, 3.8) is 0 Å². The normalized spacial score (nSPS) is 24.5. The van der Waals surface area contributed by atoms with Crippen LogP contribution in [0, 0.1) is 11.7 Å². The Balaban J connectivity index is 1.33. The Morgan fingerprint density at radius 3 is 2.73 bits per heavy atom. The highest BCUT2D eigenvalue weighted by atomic mass is 19.1. The summed E-state index contributed by atoms with van der Waals surface area (Å²) in [6.07, 6.45) is 5.51. The van der Waals surface area contributed by atoms with Gasteiger partial charge in [-0.1, -0.05) is 18.9 Å². The first-order chi connectivity index (χ1) is 15.9. The molecule has 5 rings (SSSR count). The van der Waals surface area contributed by atoms with Gasteiger partial charge >= 0.3 is 6.09 Å². The van der Waals surface area contributed by atoms with E-state index in [2.05, 4.69) is 5.32 Å². The molecule has 1 N–H and O–H groups in total. The zero-order valence-corrected chi connectivity index (χ0v) is 18.6. The van der Waals surface area contributed by atoms with Crippen LogP contribution in [0.25, 0.3) is 5.57 Å². The topological polar surface area (TPSA) is 88.2 Å². The fraction of sp³-hybridized carbons (Fsp3) is 0.542. The van der Waals surface area contributed by atoms with Gasteiger partial charge in [0.25, 0.3) is 0 Å². The fourth-order valence-electron chi connectivity index (χ4n) is 5.26. The number of nitrogens with one attached hydrogen (secondary N) is 1.